The van der Waals surface area contributed by atoms with Gasteiger partial charge in [0.25, 0.3) is 0 Å². The molecule has 0 aliphatic heterocycles. The first-order chi connectivity index (χ1) is 8.00. The summed E-state index contributed by atoms with van der Waals surface area (Å²) in [5, 5.41) is 0.756. The van der Waals surface area contributed by atoms with Gasteiger partial charge in [0.1, 0.15) is 0 Å². The molecule has 1 aliphatic rings. The molecule has 90 valence electrons. The Kier molecular flexibility index (Phi) is 2.39. The van der Waals surface area contributed by atoms with Crippen molar-refractivity contribution in [2.24, 2.45) is 5.92 Å². The van der Waals surface area contributed by atoms with Crippen LogP contribution in [0, 0.1) is 10.7 Å². The molecule has 1 saturated carbocycles. The van der Waals surface area contributed by atoms with E-state index in [1.807, 2.05) is 18.2 Å². The number of aromatic amines is 1. The zero-order valence-corrected chi connectivity index (χ0v) is 11.5. The standard InChI is InChI=1S/C13H15ClN2S/c1-13(2,8-3-4-8)16-11-7-9(14)5-6-10(11)15-12(16)17/h5-8H,3-4H2,1-2H3,(H,15,17). The van der Waals surface area contributed by atoms with Crippen LogP contribution in [0.5, 0.6) is 0 Å². The summed E-state index contributed by atoms with van der Waals surface area (Å²) in [6.45, 7) is 4.52. The van der Waals surface area contributed by atoms with Gasteiger partial charge in [-0.25, -0.2) is 0 Å². The summed E-state index contributed by atoms with van der Waals surface area (Å²) in [4.78, 5) is 3.26. The Morgan fingerprint density at radius 1 is 1.41 bits per heavy atom. The molecule has 0 bridgehead atoms. The molecule has 1 aromatic heterocycles. The van der Waals surface area contributed by atoms with E-state index >= 15 is 0 Å². The molecular formula is C13H15ClN2S. The van der Waals surface area contributed by atoms with Gasteiger partial charge in [-0.2, -0.15) is 0 Å². The molecule has 2 aromatic rings. The first-order valence-electron chi connectivity index (χ1n) is 5.91. The van der Waals surface area contributed by atoms with Crippen molar-refractivity contribution < 1.29 is 0 Å². The smallest absolute Gasteiger partial charge is 0.178 e. The van der Waals surface area contributed by atoms with Crippen LogP contribution in [0.2, 0.25) is 5.02 Å². The van der Waals surface area contributed by atoms with Gasteiger partial charge < -0.3 is 9.55 Å². The number of imidazole rings is 1. The molecule has 4 heteroatoms. The maximum Gasteiger partial charge on any atom is 0.178 e. The number of aromatic nitrogens is 2. The molecule has 3 rings (SSSR count). The van der Waals surface area contributed by atoms with E-state index in [1.54, 1.807) is 0 Å². The normalized spacial score (nSPS) is 16.6. The van der Waals surface area contributed by atoms with Crippen LogP contribution < -0.4 is 0 Å². The number of nitrogens with one attached hydrogen (secondary N) is 1. The van der Waals surface area contributed by atoms with Gasteiger partial charge in [-0.1, -0.05) is 11.6 Å². The predicted octanol–water partition coefficient (Wildman–Crippen LogP) is 4.50. The zero-order chi connectivity index (χ0) is 12.2. The molecule has 1 heterocycles. The van der Waals surface area contributed by atoms with E-state index in [2.05, 4.69) is 23.4 Å². The zero-order valence-electron chi connectivity index (χ0n) is 9.96. The highest BCUT2D eigenvalue weighted by Gasteiger charge is 2.40. The lowest BCUT2D eigenvalue weighted by atomic mass is 9.98. The summed E-state index contributed by atoms with van der Waals surface area (Å²) in [6.07, 6.45) is 2.59. The van der Waals surface area contributed by atoms with Crippen LogP contribution in [0.15, 0.2) is 18.2 Å². The van der Waals surface area contributed by atoms with Crippen LogP contribution in [-0.4, -0.2) is 9.55 Å². The SMILES string of the molecule is CC(C)(C1CC1)n1c(=S)[nH]c2ccc(Cl)cc21. The van der Waals surface area contributed by atoms with Gasteiger partial charge in [-0.05, 0) is 63.0 Å². The van der Waals surface area contributed by atoms with Gasteiger partial charge in [0.2, 0.25) is 0 Å². The van der Waals surface area contributed by atoms with Crippen LogP contribution >= 0.6 is 23.8 Å². The van der Waals surface area contributed by atoms with Crippen molar-refractivity contribution in [2.45, 2.75) is 32.2 Å². The van der Waals surface area contributed by atoms with Crippen molar-refractivity contribution in [3.63, 3.8) is 0 Å². The van der Waals surface area contributed by atoms with Crippen molar-refractivity contribution in [3.8, 4) is 0 Å². The van der Waals surface area contributed by atoms with E-state index in [0.29, 0.717) is 0 Å². The number of halogens is 1. The molecule has 1 N–H and O–H groups in total. The highest BCUT2D eigenvalue weighted by molar-refractivity contribution is 7.71. The van der Waals surface area contributed by atoms with Gasteiger partial charge >= 0.3 is 0 Å². The third-order valence-corrected chi connectivity index (χ3v) is 4.32. The summed E-state index contributed by atoms with van der Waals surface area (Å²) in [6, 6.07) is 5.88. The van der Waals surface area contributed by atoms with Gasteiger partial charge in [-0.3, -0.25) is 0 Å². The Labute approximate surface area is 111 Å². The van der Waals surface area contributed by atoms with Crippen LogP contribution in [0.25, 0.3) is 11.0 Å². The average Bonchev–Trinajstić information content (AvgIpc) is 3.02. The largest absolute Gasteiger partial charge is 0.331 e. The quantitative estimate of drug-likeness (QED) is 0.794. The molecule has 1 aliphatic carbocycles. The van der Waals surface area contributed by atoms with Gasteiger partial charge in [-0.15, -0.1) is 0 Å². The third-order valence-electron chi connectivity index (χ3n) is 3.80. The fourth-order valence-corrected chi connectivity index (χ4v) is 3.23. The van der Waals surface area contributed by atoms with Gasteiger partial charge in [0.05, 0.1) is 11.0 Å². The third kappa shape index (κ3) is 1.72. The maximum absolute atomic E-state index is 6.08. The second-order valence-corrected chi connectivity index (χ2v) is 6.18. The minimum atomic E-state index is 0.0695. The number of hydrogen-bond donors (Lipinski definition) is 1. The van der Waals surface area contributed by atoms with Crippen molar-refractivity contribution in [1.29, 1.82) is 0 Å². The number of rotatable bonds is 2. The topological polar surface area (TPSA) is 20.7 Å². The Morgan fingerprint density at radius 3 is 2.76 bits per heavy atom. The second-order valence-electron chi connectivity index (χ2n) is 5.35. The van der Waals surface area contributed by atoms with Gasteiger partial charge in [0, 0.05) is 10.6 Å². The molecule has 0 unspecified atom stereocenters. The fourth-order valence-electron chi connectivity index (χ4n) is 2.62. The number of benzene rings is 1. The van der Waals surface area contributed by atoms with Crippen LogP contribution in [-0.2, 0) is 5.54 Å². The van der Waals surface area contributed by atoms with E-state index in [-0.39, 0.29) is 5.54 Å². The summed E-state index contributed by atoms with van der Waals surface area (Å²) in [7, 11) is 0. The molecule has 1 aromatic carbocycles. The van der Waals surface area contributed by atoms with E-state index in [0.717, 1.165) is 26.7 Å². The molecule has 0 atom stereocenters. The van der Waals surface area contributed by atoms with Crippen LogP contribution in [0.4, 0.5) is 0 Å². The highest BCUT2D eigenvalue weighted by Crippen LogP contribution is 2.45. The predicted molar refractivity (Wildman–Crippen MR) is 74.2 cm³/mol. The number of fused-ring (bicyclic) bond motifs is 1. The second kappa shape index (κ2) is 3.59. The highest BCUT2D eigenvalue weighted by atomic mass is 35.5. The first-order valence-corrected chi connectivity index (χ1v) is 6.69. The van der Waals surface area contributed by atoms with E-state index < -0.39 is 0 Å². The average molecular weight is 267 g/mol. The first kappa shape index (κ1) is 11.3. The van der Waals surface area contributed by atoms with Crippen molar-refractivity contribution in [1.82, 2.24) is 9.55 Å². The molecular weight excluding hydrogens is 252 g/mol. The molecule has 0 amide bonds. The molecule has 0 spiro atoms. The van der Waals surface area contributed by atoms with E-state index in [1.165, 1.54) is 12.8 Å². The fraction of sp³-hybridized carbons (Fsp3) is 0.462. The summed E-state index contributed by atoms with van der Waals surface area (Å²) in [5.41, 5.74) is 2.24. The summed E-state index contributed by atoms with van der Waals surface area (Å²) >= 11 is 11.5. The van der Waals surface area contributed by atoms with Crippen molar-refractivity contribution in [2.75, 3.05) is 0 Å². The van der Waals surface area contributed by atoms with Crippen LogP contribution in [0.3, 0.4) is 0 Å². The number of H-pyrrole nitrogens is 1. The van der Waals surface area contributed by atoms with Crippen LogP contribution in [0.1, 0.15) is 26.7 Å². The maximum atomic E-state index is 6.08. The van der Waals surface area contributed by atoms with Crippen molar-refractivity contribution in [3.05, 3.63) is 28.0 Å². The van der Waals surface area contributed by atoms with Gasteiger partial charge in [0.15, 0.2) is 4.77 Å². The van der Waals surface area contributed by atoms with Crippen molar-refractivity contribution >= 4 is 34.9 Å². The molecule has 0 saturated heterocycles. The van der Waals surface area contributed by atoms with E-state index in [9.17, 15) is 0 Å². The minimum Gasteiger partial charge on any atom is -0.331 e. The Bertz CT molecular complexity index is 634. The van der Waals surface area contributed by atoms with E-state index in [4.69, 9.17) is 23.8 Å². The lowest BCUT2D eigenvalue weighted by molar-refractivity contribution is 0.310. The molecule has 1 fully saturated rings. The monoisotopic (exact) mass is 266 g/mol. The Hall–Kier alpha value is -0.800. The minimum absolute atomic E-state index is 0.0695. The number of hydrogen-bond acceptors (Lipinski definition) is 1. The Morgan fingerprint density at radius 2 is 2.12 bits per heavy atom. The molecule has 2 nitrogen and oxygen atoms in total. The molecule has 17 heavy (non-hydrogen) atoms. The molecule has 0 radical (unpaired) electrons. The Balaban J connectivity index is 2.31. The number of nitrogens with zero attached hydrogens (tertiary/aromatic N) is 1. The summed E-state index contributed by atoms with van der Waals surface area (Å²) in [5.74, 6) is 0.729. The lowest BCUT2D eigenvalue weighted by Gasteiger charge is -2.27. The lowest BCUT2D eigenvalue weighted by Crippen LogP contribution is -2.28. The summed E-state index contributed by atoms with van der Waals surface area (Å²) < 4.78 is 3.01.